The lowest BCUT2D eigenvalue weighted by atomic mass is 10.1. The Kier molecular flexibility index (Phi) is 5.65. The van der Waals surface area contributed by atoms with Crippen molar-refractivity contribution in [2.75, 3.05) is 19.6 Å². The predicted octanol–water partition coefficient (Wildman–Crippen LogP) is 3.67. The van der Waals surface area contributed by atoms with E-state index in [0.29, 0.717) is 18.2 Å². The fraction of sp³-hybridized carbons (Fsp3) is 0.625. The molecule has 0 saturated carbocycles. The van der Waals surface area contributed by atoms with Crippen molar-refractivity contribution in [3.8, 4) is 0 Å². The number of benzene rings is 1. The first-order chi connectivity index (χ1) is 10.0. The molecular formula is C16H23F3N2. The van der Waals surface area contributed by atoms with Crippen LogP contribution in [-0.2, 0) is 12.7 Å². The maximum absolute atomic E-state index is 13.0. The second kappa shape index (κ2) is 7.27. The molecule has 1 aromatic carbocycles. The average molecular weight is 300 g/mol. The molecule has 0 aromatic heterocycles. The van der Waals surface area contributed by atoms with Gasteiger partial charge in [-0.3, -0.25) is 4.90 Å². The summed E-state index contributed by atoms with van der Waals surface area (Å²) in [5, 5.41) is 3.48. The number of hydrogen-bond acceptors (Lipinski definition) is 2. The average Bonchev–Trinajstić information content (AvgIpc) is 2.64. The summed E-state index contributed by atoms with van der Waals surface area (Å²) in [6.45, 7) is 5.12. The highest BCUT2D eigenvalue weighted by Crippen LogP contribution is 2.32. The van der Waals surface area contributed by atoms with Gasteiger partial charge < -0.3 is 5.32 Å². The van der Waals surface area contributed by atoms with Crippen LogP contribution in [0.3, 0.4) is 0 Å². The van der Waals surface area contributed by atoms with Gasteiger partial charge in [-0.2, -0.15) is 13.2 Å². The van der Waals surface area contributed by atoms with E-state index in [9.17, 15) is 13.2 Å². The van der Waals surface area contributed by atoms with E-state index in [1.54, 1.807) is 12.1 Å². The standard InChI is InChI=1S/C16H23F3N2/c1-2-6-14-12-21(10-5-9-20-14)11-13-7-3-4-8-15(13)16(17,18)19/h3-4,7-8,14,20H,2,5-6,9-12H2,1H3. The highest BCUT2D eigenvalue weighted by molar-refractivity contribution is 5.29. The highest BCUT2D eigenvalue weighted by Gasteiger charge is 2.33. The van der Waals surface area contributed by atoms with Gasteiger partial charge >= 0.3 is 6.18 Å². The molecule has 2 rings (SSSR count). The van der Waals surface area contributed by atoms with Crippen molar-refractivity contribution >= 4 is 0 Å². The van der Waals surface area contributed by atoms with Crippen molar-refractivity contribution in [1.29, 1.82) is 0 Å². The van der Waals surface area contributed by atoms with Gasteiger partial charge in [-0.1, -0.05) is 31.5 Å². The van der Waals surface area contributed by atoms with Gasteiger partial charge in [0.05, 0.1) is 5.56 Å². The van der Waals surface area contributed by atoms with Gasteiger partial charge in [0.25, 0.3) is 0 Å². The summed E-state index contributed by atoms with van der Waals surface area (Å²) in [5.41, 5.74) is -0.128. The molecular weight excluding hydrogens is 277 g/mol. The second-order valence-corrected chi connectivity index (χ2v) is 5.68. The summed E-state index contributed by atoms with van der Waals surface area (Å²) < 4.78 is 39.1. The third kappa shape index (κ3) is 4.71. The zero-order chi connectivity index (χ0) is 15.3. The van der Waals surface area contributed by atoms with Crippen molar-refractivity contribution in [2.45, 2.75) is 44.9 Å². The third-order valence-corrected chi connectivity index (χ3v) is 3.92. The van der Waals surface area contributed by atoms with Crippen LogP contribution in [0.25, 0.3) is 0 Å². The molecule has 1 heterocycles. The summed E-state index contributed by atoms with van der Waals surface area (Å²) in [4.78, 5) is 2.14. The first-order valence-electron chi connectivity index (χ1n) is 7.61. The number of nitrogens with zero attached hydrogens (tertiary/aromatic N) is 1. The molecule has 1 aliphatic rings. The van der Waals surface area contributed by atoms with Crippen LogP contribution in [0.2, 0.25) is 0 Å². The second-order valence-electron chi connectivity index (χ2n) is 5.68. The Bertz CT molecular complexity index is 445. The van der Waals surface area contributed by atoms with E-state index < -0.39 is 11.7 Å². The molecule has 118 valence electrons. The van der Waals surface area contributed by atoms with Gasteiger partial charge in [0.2, 0.25) is 0 Å². The van der Waals surface area contributed by atoms with E-state index in [-0.39, 0.29) is 0 Å². The van der Waals surface area contributed by atoms with Gasteiger partial charge in [0.1, 0.15) is 0 Å². The van der Waals surface area contributed by atoms with Gasteiger partial charge in [0.15, 0.2) is 0 Å². The topological polar surface area (TPSA) is 15.3 Å². The molecule has 0 radical (unpaired) electrons. The van der Waals surface area contributed by atoms with Gasteiger partial charge in [-0.15, -0.1) is 0 Å². The molecule has 1 fully saturated rings. The van der Waals surface area contributed by atoms with Crippen LogP contribution in [0.15, 0.2) is 24.3 Å². The largest absolute Gasteiger partial charge is 0.416 e. The van der Waals surface area contributed by atoms with E-state index >= 15 is 0 Å². The van der Waals surface area contributed by atoms with Gasteiger partial charge in [-0.25, -0.2) is 0 Å². The predicted molar refractivity (Wildman–Crippen MR) is 78.0 cm³/mol. The van der Waals surface area contributed by atoms with Crippen LogP contribution < -0.4 is 5.32 Å². The molecule has 1 unspecified atom stereocenters. The summed E-state index contributed by atoms with van der Waals surface area (Å²) in [6.07, 6.45) is -1.14. The van der Waals surface area contributed by atoms with Crippen LogP contribution in [0.5, 0.6) is 0 Å². The Morgan fingerprint density at radius 3 is 2.76 bits per heavy atom. The minimum atomic E-state index is -4.27. The molecule has 1 saturated heterocycles. The van der Waals surface area contributed by atoms with E-state index in [4.69, 9.17) is 0 Å². The highest BCUT2D eigenvalue weighted by atomic mass is 19.4. The summed E-state index contributed by atoms with van der Waals surface area (Å²) in [5.74, 6) is 0. The third-order valence-electron chi connectivity index (χ3n) is 3.92. The molecule has 2 nitrogen and oxygen atoms in total. The fourth-order valence-corrected chi connectivity index (χ4v) is 2.94. The Labute approximate surface area is 124 Å². The van der Waals surface area contributed by atoms with Crippen molar-refractivity contribution in [2.24, 2.45) is 0 Å². The van der Waals surface area contributed by atoms with Gasteiger partial charge in [-0.05, 0) is 37.6 Å². The molecule has 21 heavy (non-hydrogen) atoms. The number of rotatable bonds is 4. The minimum Gasteiger partial charge on any atom is -0.313 e. The molecule has 1 atom stereocenters. The summed E-state index contributed by atoms with van der Waals surface area (Å²) in [6, 6.07) is 6.29. The van der Waals surface area contributed by atoms with Crippen molar-refractivity contribution in [1.82, 2.24) is 10.2 Å². The molecule has 0 bridgehead atoms. The normalized spacial score (nSPS) is 21.2. The Morgan fingerprint density at radius 1 is 1.29 bits per heavy atom. The zero-order valence-corrected chi connectivity index (χ0v) is 12.4. The Morgan fingerprint density at radius 2 is 2.05 bits per heavy atom. The molecule has 0 aliphatic carbocycles. The van der Waals surface area contributed by atoms with Gasteiger partial charge in [0, 0.05) is 19.1 Å². The molecule has 1 aromatic rings. The molecule has 0 amide bonds. The summed E-state index contributed by atoms with van der Waals surface area (Å²) in [7, 11) is 0. The molecule has 0 spiro atoms. The van der Waals surface area contributed by atoms with Crippen molar-refractivity contribution < 1.29 is 13.2 Å². The van der Waals surface area contributed by atoms with Crippen LogP contribution in [0, 0.1) is 0 Å². The van der Waals surface area contributed by atoms with Crippen LogP contribution in [-0.4, -0.2) is 30.6 Å². The summed E-state index contributed by atoms with van der Waals surface area (Å²) >= 11 is 0. The fourth-order valence-electron chi connectivity index (χ4n) is 2.94. The number of halogens is 3. The zero-order valence-electron chi connectivity index (χ0n) is 12.4. The molecule has 1 N–H and O–H groups in total. The lowest BCUT2D eigenvalue weighted by Gasteiger charge is -2.25. The van der Waals surface area contributed by atoms with Crippen molar-refractivity contribution in [3.05, 3.63) is 35.4 Å². The van der Waals surface area contributed by atoms with E-state index in [0.717, 1.165) is 38.9 Å². The Balaban J connectivity index is 2.10. The smallest absolute Gasteiger partial charge is 0.313 e. The SMILES string of the molecule is CCCC1CN(Cc2ccccc2C(F)(F)F)CCCN1. The number of nitrogens with one attached hydrogen (secondary N) is 1. The lowest BCUT2D eigenvalue weighted by molar-refractivity contribution is -0.138. The van der Waals surface area contributed by atoms with Crippen LogP contribution in [0.4, 0.5) is 13.2 Å². The van der Waals surface area contributed by atoms with E-state index in [1.807, 2.05) is 0 Å². The quantitative estimate of drug-likeness (QED) is 0.912. The maximum Gasteiger partial charge on any atom is 0.416 e. The van der Waals surface area contributed by atoms with Crippen molar-refractivity contribution in [3.63, 3.8) is 0 Å². The van der Waals surface area contributed by atoms with E-state index in [2.05, 4.69) is 17.1 Å². The van der Waals surface area contributed by atoms with E-state index in [1.165, 1.54) is 12.1 Å². The number of hydrogen-bond donors (Lipinski definition) is 1. The van der Waals surface area contributed by atoms with Crippen LogP contribution >= 0.6 is 0 Å². The minimum absolute atomic E-state index is 0.373. The first kappa shape index (κ1) is 16.3. The Hall–Kier alpha value is -1.07. The molecule has 1 aliphatic heterocycles. The number of alkyl halides is 3. The maximum atomic E-state index is 13.0. The molecule has 5 heteroatoms. The first-order valence-corrected chi connectivity index (χ1v) is 7.61. The monoisotopic (exact) mass is 300 g/mol. The lowest BCUT2D eigenvalue weighted by Crippen LogP contribution is -2.37. The van der Waals surface area contributed by atoms with Crippen LogP contribution in [0.1, 0.15) is 37.3 Å².